The molecule has 0 bridgehead atoms. The number of hydrogen-bond donors (Lipinski definition) is 8. The molecule has 0 aliphatic rings. The molecule has 0 aliphatic carbocycles. The molecule has 3 rings (SSSR count). The Labute approximate surface area is 188 Å². The molecule has 0 fully saturated rings. The minimum atomic E-state index is -0.491. The van der Waals surface area contributed by atoms with E-state index in [-0.39, 0.29) is 41.9 Å². The van der Waals surface area contributed by atoms with Crippen molar-refractivity contribution in [3.8, 4) is 0 Å². The second-order valence-electron chi connectivity index (χ2n) is 7.48. The number of hydrogen-bond acceptors (Lipinski definition) is 6. The number of aromatic amines is 2. The molecule has 174 valence electrons. The SMILES string of the molecule is Cc1c(NC(=O)c2cc(N)cn2C)c[nH]c1C(=O)Nc1n[nH]c(C(=O)NCCC(=N)N)c1C. The first-order chi connectivity index (χ1) is 15.6. The van der Waals surface area contributed by atoms with Gasteiger partial charge in [0.2, 0.25) is 0 Å². The summed E-state index contributed by atoms with van der Waals surface area (Å²) in [4.78, 5) is 40.4. The van der Waals surface area contributed by atoms with Gasteiger partial charge in [0.1, 0.15) is 17.1 Å². The number of nitrogens with zero attached hydrogens (tertiary/aromatic N) is 2. The van der Waals surface area contributed by atoms with E-state index >= 15 is 0 Å². The maximum atomic E-state index is 12.8. The van der Waals surface area contributed by atoms with Crippen LogP contribution in [0.5, 0.6) is 0 Å². The number of H-pyrrole nitrogens is 2. The monoisotopic (exact) mass is 454 g/mol. The number of aryl methyl sites for hydroxylation is 1. The first-order valence-corrected chi connectivity index (χ1v) is 9.97. The lowest BCUT2D eigenvalue weighted by Crippen LogP contribution is -2.28. The van der Waals surface area contributed by atoms with Crippen molar-refractivity contribution in [1.29, 1.82) is 5.41 Å². The molecule has 0 aromatic carbocycles. The summed E-state index contributed by atoms with van der Waals surface area (Å²) in [6.45, 7) is 3.53. The highest BCUT2D eigenvalue weighted by atomic mass is 16.2. The maximum Gasteiger partial charge on any atom is 0.273 e. The zero-order valence-electron chi connectivity index (χ0n) is 18.4. The van der Waals surface area contributed by atoms with Crippen LogP contribution in [-0.4, -0.2) is 49.9 Å². The van der Waals surface area contributed by atoms with E-state index < -0.39 is 11.8 Å². The van der Waals surface area contributed by atoms with Crippen LogP contribution in [0.25, 0.3) is 0 Å². The molecule has 33 heavy (non-hydrogen) atoms. The largest absolute Gasteiger partial charge is 0.397 e. The van der Waals surface area contributed by atoms with Gasteiger partial charge in [-0.15, -0.1) is 0 Å². The zero-order valence-corrected chi connectivity index (χ0v) is 18.4. The van der Waals surface area contributed by atoms with Gasteiger partial charge in [0.25, 0.3) is 17.7 Å². The number of nitrogens with one attached hydrogen (secondary N) is 6. The molecular formula is C20H26N10O3. The molecule has 0 spiro atoms. The van der Waals surface area contributed by atoms with Gasteiger partial charge in [-0.2, -0.15) is 5.10 Å². The molecule has 3 aromatic heterocycles. The van der Waals surface area contributed by atoms with Gasteiger partial charge in [0.05, 0.1) is 17.2 Å². The second-order valence-corrected chi connectivity index (χ2v) is 7.48. The summed E-state index contributed by atoms with van der Waals surface area (Å²) in [6, 6.07) is 1.55. The number of nitrogen functional groups attached to an aromatic ring is 1. The number of aromatic nitrogens is 4. The lowest BCUT2D eigenvalue weighted by atomic mass is 10.2. The van der Waals surface area contributed by atoms with Crippen LogP contribution in [0, 0.1) is 19.3 Å². The molecule has 3 aromatic rings. The Morgan fingerprint density at radius 2 is 1.85 bits per heavy atom. The van der Waals surface area contributed by atoms with E-state index in [0.717, 1.165) is 0 Å². The predicted octanol–water partition coefficient (Wildman–Crippen LogP) is 0.836. The summed E-state index contributed by atoms with van der Waals surface area (Å²) in [5, 5.41) is 21.8. The maximum absolute atomic E-state index is 12.8. The van der Waals surface area contributed by atoms with E-state index in [0.29, 0.717) is 28.2 Å². The fourth-order valence-electron chi connectivity index (χ4n) is 3.17. The van der Waals surface area contributed by atoms with Crippen molar-refractivity contribution < 1.29 is 14.4 Å². The first kappa shape index (κ1) is 23.1. The number of carbonyl (C=O) groups is 3. The minimum absolute atomic E-state index is 0.0331. The Balaban J connectivity index is 1.68. The summed E-state index contributed by atoms with van der Waals surface area (Å²) in [6.07, 6.45) is 3.37. The Kier molecular flexibility index (Phi) is 6.51. The highest BCUT2D eigenvalue weighted by Gasteiger charge is 2.21. The zero-order chi connectivity index (χ0) is 24.3. The Bertz CT molecular complexity index is 1230. The number of nitrogens with two attached hydrogens (primary N) is 2. The fourth-order valence-corrected chi connectivity index (χ4v) is 3.17. The summed E-state index contributed by atoms with van der Waals surface area (Å²) >= 11 is 0. The second kappa shape index (κ2) is 9.30. The topological polar surface area (TPSA) is 213 Å². The molecule has 0 radical (unpaired) electrons. The lowest BCUT2D eigenvalue weighted by molar-refractivity contribution is 0.0947. The van der Waals surface area contributed by atoms with E-state index in [1.54, 1.807) is 37.7 Å². The Morgan fingerprint density at radius 3 is 2.48 bits per heavy atom. The van der Waals surface area contributed by atoms with Gasteiger partial charge in [0, 0.05) is 43.5 Å². The van der Waals surface area contributed by atoms with Crippen molar-refractivity contribution in [3.05, 3.63) is 46.7 Å². The third kappa shape index (κ3) is 5.03. The summed E-state index contributed by atoms with van der Waals surface area (Å²) in [5.41, 5.74) is 13.7. The van der Waals surface area contributed by atoms with E-state index in [4.69, 9.17) is 16.9 Å². The number of rotatable bonds is 8. The highest BCUT2D eigenvalue weighted by Crippen LogP contribution is 2.22. The number of amides is 3. The average molecular weight is 454 g/mol. The van der Waals surface area contributed by atoms with Crippen LogP contribution in [0.15, 0.2) is 18.5 Å². The average Bonchev–Trinajstić information content (AvgIpc) is 3.39. The lowest BCUT2D eigenvalue weighted by Gasteiger charge is -2.07. The van der Waals surface area contributed by atoms with Gasteiger partial charge < -0.3 is 37.0 Å². The van der Waals surface area contributed by atoms with Crippen LogP contribution in [0.3, 0.4) is 0 Å². The van der Waals surface area contributed by atoms with E-state index in [1.165, 1.54) is 6.20 Å². The van der Waals surface area contributed by atoms with Crippen LogP contribution >= 0.6 is 0 Å². The Hall–Kier alpha value is -4.55. The minimum Gasteiger partial charge on any atom is -0.397 e. The predicted molar refractivity (Wildman–Crippen MR) is 123 cm³/mol. The third-order valence-corrected chi connectivity index (χ3v) is 5.02. The number of anilines is 3. The molecule has 3 amide bonds. The summed E-state index contributed by atoms with van der Waals surface area (Å²) < 4.78 is 1.61. The molecular weight excluding hydrogens is 428 g/mol. The van der Waals surface area contributed by atoms with Gasteiger partial charge in [-0.25, -0.2) is 0 Å². The standard InChI is InChI=1S/C20H26N10O3/c1-9-12(26-18(31)13-6-11(21)8-30(13)3)7-25-15(9)20(33)27-17-10(2)16(28-29-17)19(32)24-5-4-14(22)23/h6-8,25H,4-5,21H2,1-3H3,(H3,22,23)(H,24,32)(H,26,31)(H2,27,28,29,33). The molecule has 0 aliphatic heterocycles. The van der Waals surface area contributed by atoms with E-state index in [1.807, 2.05) is 0 Å². The third-order valence-electron chi connectivity index (χ3n) is 5.02. The van der Waals surface area contributed by atoms with Crippen LogP contribution in [0.4, 0.5) is 17.2 Å². The molecule has 3 heterocycles. The quantitative estimate of drug-likeness (QED) is 0.182. The molecule has 0 atom stereocenters. The van der Waals surface area contributed by atoms with Crippen LogP contribution in [0.2, 0.25) is 0 Å². The first-order valence-electron chi connectivity index (χ1n) is 9.97. The van der Waals surface area contributed by atoms with Crippen molar-refractivity contribution in [1.82, 2.24) is 25.1 Å². The Morgan fingerprint density at radius 1 is 1.12 bits per heavy atom. The number of amidine groups is 1. The smallest absolute Gasteiger partial charge is 0.273 e. The van der Waals surface area contributed by atoms with E-state index in [9.17, 15) is 14.4 Å². The van der Waals surface area contributed by atoms with Gasteiger partial charge >= 0.3 is 0 Å². The van der Waals surface area contributed by atoms with Crippen molar-refractivity contribution in [3.63, 3.8) is 0 Å². The van der Waals surface area contributed by atoms with Gasteiger partial charge in [0.15, 0.2) is 5.82 Å². The van der Waals surface area contributed by atoms with E-state index in [2.05, 4.69) is 31.1 Å². The molecule has 13 nitrogen and oxygen atoms in total. The van der Waals surface area contributed by atoms with Crippen molar-refractivity contribution in [2.24, 2.45) is 12.8 Å². The number of carbonyl (C=O) groups excluding carboxylic acids is 3. The summed E-state index contributed by atoms with van der Waals surface area (Å²) in [5.74, 6) is -1.13. The van der Waals surface area contributed by atoms with Gasteiger partial charge in [-0.3, -0.25) is 24.9 Å². The van der Waals surface area contributed by atoms with Crippen molar-refractivity contribution in [2.75, 3.05) is 22.9 Å². The van der Waals surface area contributed by atoms with Gasteiger partial charge in [-0.05, 0) is 19.9 Å². The van der Waals surface area contributed by atoms with Crippen LogP contribution in [-0.2, 0) is 7.05 Å². The molecule has 10 N–H and O–H groups in total. The highest BCUT2D eigenvalue weighted by molar-refractivity contribution is 6.08. The van der Waals surface area contributed by atoms with Crippen LogP contribution in [0.1, 0.15) is 49.0 Å². The molecule has 13 heteroatoms. The van der Waals surface area contributed by atoms with Gasteiger partial charge in [-0.1, -0.05) is 0 Å². The normalized spacial score (nSPS) is 10.6. The fraction of sp³-hybridized carbons (Fsp3) is 0.250. The van der Waals surface area contributed by atoms with Crippen molar-refractivity contribution >= 4 is 40.7 Å². The van der Waals surface area contributed by atoms with Crippen LogP contribution < -0.4 is 27.4 Å². The van der Waals surface area contributed by atoms with Crippen molar-refractivity contribution in [2.45, 2.75) is 20.3 Å². The summed E-state index contributed by atoms with van der Waals surface area (Å²) in [7, 11) is 1.71. The molecule has 0 saturated heterocycles. The molecule has 0 unspecified atom stereocenters. The molecule has 0 saturated carbocycles.